The summed E-state index contributed by atoms with van der Waals surface area (Å²) >= 11 is 0. The largest absolute Gasteiger partial charge is 0.360 e. The molecule has 2 N–H and O–H groups in total. The second-order valence-corrected chi connectivity index (χ2v) is 11.6. The van der Waals surface area contributed by atoms with Crippen molar-refractivity contribution in [2.45, 2.75) is 102 Å². The van der Waals surface area contributed by atoms with Gasteiger partial charge in [0, 0.05) is 25.2 Å². The first-order valence-electron chi connectivity index (χ1n) is 14.4. The van der Waals surface area contributed by atoms with Gasteiger partial charge in [0.05, 0.1) is 36.4 Å². The molecular weight excluding hydrogens is 518 g/mol. The number of nitrogens with zero attached hydrogens (tertiary/aromatic N) is 4. The van der Waals surface area contributed by atoms with Crippen LogP contribution in [0.5, 0.6) is 0 Å². The number of halogens is 2. The highest BCUT2D eigenvalue weighted by atomic mass is 19.3. The molecule has 5 rings (SSSR count). The van der Waals surface area contributed by atoms with Crippen molar-refractivity contribution in [2.24, 2.45) is 11.8 Å². The molecule has 3 aromatic rings. The van der Waals surface area contributed by atoms with Crippen LogP contribution in [0, 0.1) is 11.8 Å². The lowest BCUT2D eigenvalue weighted by Gasteiger charge is -2.34. The molecule has 2 aliphatic carbocycles. The normalized spacial score (nSPS) is 19.4. The van der Waals surface area contributed by atoms with E-state index in [0.29, 0.717) is 35.0 Å². The fraction of sp³-hybridized carbons (Fsp3) is 0.621. The Kier molecular flexibility index (Phi) is 8.19. The van der Waals surface area contributed by atoms with E-state index >= 15 is 0 Å². The van der Waals surface area contributed by atoms with Crippen LogP contribution in [0.4, 0.5) is 8.78 Å². The van der Waals surface area contributed by atoms with Crippen molar-refractivity contribution in [3.05, 3.63) is 47.2 Å². The van der Waals surface area contributed by atoms with Crippen molar-refractivity contribution in [1.29, 1.82) is 0 Å². The Morgan fingerprint density at radius 2 is 1.82 bits per heavy atom. The highest BCUT2D eigenvalue weighted by Gasteiger charge is 2.40. The molecule has 2 amide bonds. The minimum absolute atomic E-state index is 0.0229. The topological polar surface area (TPSA) is 114 Å². The Balaban J connectivity index is 1.45. The van der Waals surface area contributed by atoms with Gasteiger partial charge >= 0.3 is 0 Å². The minimum Gasteiger partial charge on any atom is -0.360 e. The maximum Gasteiger partial charge on any atom is 0.257 e. The van der Waals surface area contributed by atoms with Crippen LogP contribution in [0.15, 0.2) is 29.2 Å². The van der Waals surface area contributed by atoms with E-state index in [9.17, 15) is 18.4 Å². The highest BCUT2D eigenvalue weighted by molar-refractivity contribution is 5.95. The summed E-state index contributed by atoms with van der Waals surface area (Å²) in [5.41, 5.74) is 2.36. The number of nitrogens with one attached hydrogen (secondary N) is 2. The van der Waals surface area contributed by atoms with Crippen LogP contribution in [0.25, 0.3) is 5.65 Å². The van der Waals surface area contributed by atoms with Gasteiger partial charge in [-0.1, -0.05) is 32.3 Å². The van der Waals surface area contributed by atoms with Crippen LogP contribution in [-0.4, -0.2) is 37.5 Å². The second-order valence-electron chi connectivity index (χ2n) is 11.6. The molecule has 2 fully saturated rings. The second kappa shape index (κ2) is 11.6. The van der Waals surface area contributed by atoms with E-state index in [1.165, 1.54) is 6.20 Å². The predicted octanol–water partition coefficient (Wildman–Crippen LogP) is 5.89. The molecule has 0 aromatic carbocycles. The number of hydrogen-bond donors (Lipinski definition) is 2. The molecule has 0 aliphatic heterocycles. The third kappa shape index (κ3) is 6.02. The number of carbonyl (C=O) groups excluding carboxylic acids is 2. The molecule has 0 unspecified atom stereocenters. The predicted molar refractivity (Wildman–Crippen MR) is 144 cm³/mol. The van der Waals surface area contributed by atoms with Crippen molar-refractivity contribution >= 4 is 17.5 Å². The van der Waals surface area contributed by atoms with Gasteiger partial charge in [-0.15, -0.1) is 0 Å². The summed E-state index contributed by atoms with van der Waals surface area (Å²) in [6.45, 7) is 5.79. The summed E-state index contributed by atoms with van der Waals surface area (Å²) < 4.78 is 35.0. The number of carbonyl (C=O) groups is 2. The summed E-state index contributed by atoms with van der Waals surface area (Å²) in [7, 11) is 0. The van der Waals surface area contributed by atoms with Gasteiger partial charge in [-0.25, -0.2) is 18.3 Å². The van der Waals surface area contributed by atoms with Gasteiger partial charge in [-0.05, 0) is 55.6 Å². The fourth-order valence-corrected chi connectivity index (χ4v) is 5.83. The van der Waals surface area contributed by atoms with E-state index in [1.54, 1.807) is 16.9 Å². The molecule has 0 spiro atoms. The Hall–Kier alpha value is -3.37. The molecule has 0 saturated heterocycles. The summed E-state index contributed by atoms with van der Waals surface area (Å²) in [6.07, 6.45) is 9.44. The zero-order valence-corrected chi connectivity index (χ0v) is 23.3. The maximum atomic E-state index is 14.0. The van der Waals surface area contributed by atoms with Crippen LogP contribution in [0.3, 0.4) is 0 Å². The molecule has 3 aromatic heterocycles. The first-order valence-corrected chi connectivity index (χ1v) is 14.4. The smallest absolute Gasteiger partial charge is 0.257 e. The van der Waals surface area contributed by atoms with Crippen molar-refractivity contribution in [1.82, 2.24) is 30.4 Å². The van der Waals surface area contributed by atoms with Gasteiger partial charge < -0.3 is 15.2 Å². The molecule has 40 heavy (non-hydrogen) atoms. The van der Waals surface area contributed by atoms with Gasteiger partial charge in [0.2, 0.25) is 11.8 Å². The van der Waals surface area contributed by atoms with Gasteiger partial charge in [0.15, 0.2) is 11.4 Å². The van der Waals surface area contributed by atoms with Gasteiger partial charge in [0.1, 0.15) is 5.56 Å². The Bertz CT molecular complexity index is 1340. The molecule has 0 radical (unpaired) electrons. The summed E-state index contributed by atoms with van der Waals surface area (Å²) in [5.74, 6) is -2.48. The zero-order chi connectivity index (χ0) is 28.4. The van der Waals surface area contributed by atoms with E-state index < -0.39 is 12.0 Å². The highest BCUT2D eigenvalue weighted by Crippen LogP contribution is 2.42. The number of fused-ring (bicyclic) bond motifs is 1. The lowest BCUT2D eigenvalue weighted by atomic mass is 9.77. The van der Waals surface area contributed by atoms with E-state index in [-0.39, 0.29) is 55.4 Å². The average molecular weight is 557 g/mol. The van der Waals surface area contributed by atoms with Crippen LogP contribution in [0.2, 0.25) is 0 Å². The lowest BCUT2D eigenvalue weighted by molar-refractivity contribution is -0.122. The van der Waals surface area contributed by atoms with Gasteiger partial charge in [0.25, 0.3) is 5.91 Å². The molecule has 11 heteroatoms. The number of rotatable bonds is 10. The summed E-state index contributed by atoms with van der Waals surface area (Å²) in [6, 6.07) is 1.20. The van der Waals surface area contributed by atoms with E-state index in [4.69, 9.17) is 9.51 Å². The molecule has 9 nitrogen and oxygen atoms in total. The molecule has 2 aliphatic rings. The third-order valence-electron chi connectivity index (χ3n) is 8.34. The molecular formula is C29H38F2N6O3. The van der Waals surface area contributed by atoms with Crippen LogP contribution < -0.4 is 10.6 Å². The lowest BCUT2D eigenvalue weighted by Crippen LogP contribution is -2.37. The third-order valence-corrected chi connectivity index (χ3v) is 8.34. The number of amides is 2. The fourth-order valence-electron chi connectivity index (χ4n) is 5.83. The molecule has 3 heterocycles. The number of imidazole rings is 1. The first-order chi connectivity index (χ1) is 19.1. The quantitative estimate of drug-likeness (QED) is 0.322. The number of hydrogen-bond acceptors (Lipinski definition) is 6. The maximum absolute atomic E-state index is 14.0. The molecule has 2 atom stereocenters. The van der Waals surface area contributed by atoms with E-state index in [2.05, 4.69) is 20.9 Å². The van der Waals surface area contributed by atoms with E-state index in [1.807, 2.05) is 26.8 Å². The minimum atomic E-state index is -2.70. The molecule has 216 valence electrons. The van der Waals surface area contributed by atoms with Gasteiger partial charge in [-0.2, -0.15) is 5.10 Å². The number of alkyl halides is 2. The SMILES string of the molecule is CCCC(=O)N[C@@H](c1cnn2cc([C@@H](NC(=O)c3cnoc3C(C)C)C3CCC(F)(F)CC3)nc2c1)C1CCC1. The monoisotopic (exact) mass is 556 g/mol. The van der Waals surface area contributed by atoms with Crippen molar-refractivity contribution < 1.29 is 22.9 Å². The Morgan fingerprint density at radius 3 is 2.48 bits per heavy atom. The Morgan fingerprint density at radius 1 is 1.10 bits per heavy atom. The zero-order valence-electron chi connectivity index (χ0n) is 23.3. The number of aromatic nitrogens is 4. The first kappa shape index (κ1) is 28.2. The van der Waals surface area contributed by atoms with Crippen LogP contribution >= 0.6 is 0 Å². The average Bonchev–Trinajstić information content (AvgIpc) is 3.53. The molecule has 2 saturated carbocycles. The van der Waals surface area contributed by atoms with Crippen LogP contribution in [0.1, 0.15) is 124 Å². The standard InChI is InChI=1S/C29H38F2N6O3/c1-4-6-24(38)35-25(18-7-5-8-18)20-13-23-34-22(16-37(23)32-14-20)26(19-9-11-29(30,31)12-10-19)36-28(39)21-15-33-40-27(21)17(2)3/h13-19,25-26H,4-12H2,1-3H3,(H,35,38)(H,36,39)/t25-,26+/m1/s1. The van der Waals surface area contributed by atoms with Gasteiger partial charge in [-0.3, -0.25) is 9.59 Å². The van der Waals surface area contributed by atoms with Crippen LogP contribution in [-0.2, 0) is 4.79 Å². The van der Waals surface area contributed by atoms with Crippen molar-refractivity contribution in [3.8, 4) is 0 Å². The summed E-state index contributed by atoms with van der Waals surface area (Å²) in [5, 5.41) is 14.6. The van der Waals surface area contributed by atoms with Crippen molar-refractivity contribution in [2.75, 3.05) is 0 Å². The van der Waals surface area contributed by atoms with Crippen molar-refractivity contribution in [3.63, 3.8) is 0 Å². The summed E-state index contributed by atoms with van der Waals surface area (Å²) in [4.78, 5) is 30.6. The van der Waals surface area contributed by atoms with E-state index in [0.717, 1.165) is 31.2 Å². The Labute approximate surface area is 232 Å². The molecule has 0 bridgehead atoms.